The number of piperidine rings is 1. The largest absolute Gasteiger partial charge is 0.462 e. The second-order valence-corrected chi connectivity index (χ2v) is 4.92. The summed E-state index contributed by atoms with van der Waals surface area (Å²) in [6, 6.07) is 10.4. The van der Waals surface area contributed by atoms with Crippen LogP contribution in [0, 0.1) is 5.92 Å². The van der Waals surface area contributed by atoms with Crippen LogP contribution in [0.25, 0.3) is 0 Å². The van der Waals surface area contributed by atoms with Gasteiger partial charge < -0.3 is 9.64 Å². The normalized spacial score (nSPS) is 16.2. The monoisotopic (exact) mass is 261 g/mol. The lowest BCUT2D eigenvalue weighted by molar-refractivity contribution is -0.158. The zero-order valence-electron chi connectivity index (χ0n) is 11.2. The zero-order chi connectivity index (χ0) is 13.7. The molecule has 0 radical (unpaired) electrons. The molecule has 0 unspecified atom stereocenters. The van der Waals surface area contributed by atoms with Gasteiger partial charge in [-0.05, 0) is 30.7 Å². The van der Waals surface area contributed by atoms with Gasteiger partial charge in [-0.15, -0.1) is 0 Å². The Hall–Kier alpha value is -1.84. The summed E-state index contributed by atoms with van der Waals surface area (Å²) in [4.78, 5) is 24.4. The van der Waals surface area contributed by atoms with Crippen molar-refractivity contribution in [2.45, 2.75) is 19.3 Å². The lowest BCUT2D eigenvalue weighted by Gasteiger charge is -2.31. The van der Waals surface area contributed by atoms with Crippen LogP contribution in [-0.4, -0.2) is 37.0 Å². The van der Waals surface area contributed by atoms with Crippen molar-refractivity contribution >= 4 is 11.9 Å². The van der Waals surface area contributed by atoms with Crippen molar-refractivity contribution < 1.29 is 14.3 Å². The predicted octanol–water partition coefficient (Wildman–Crippen LogP) is 1.64. The Morgan fingerprint density at radius 1 is 1.21 bits per heavy atom. The third kappa shape index (κ3) is 3.56. The molecule has 102 valence electrons. The van der Waals surface area contributed by atoms with Crippen molar-refractivity contribution in [1.29, 1.82) is 0 Å². The summed E-state index contributed by atoms with van der Waals surface area (Å²) in [6.07, 6.45) is 2.93. The Bertz CT molecular complexity index is 436. The van der Waals surface area contributed by atoms with Crippen LogP contribution in [0.2, 0.25) is 0 Å². The highest BCUT2D eigenvalue weighted by molar-refractivity contribution is 6.32. The molecule has 1 aromatic rings. The third-order valence-corrected chi connectivity index (χ3v) is 3.63. The maximum Gasteiger partial charge on any atom is 0.396 e. The van der Waals surface area contributed by atoms with E-state index in [-0.39, 0.29) is 0 Å². The van der Waals surface area contributed by atoms with Crippen LogP contribution in [0.15, 0.2) is 30.3 Å². The van der Waals surface area contributed by atoms with E-state index in [1.807, 2.05) is 18.2 Å². The first-order valence-electron chi connectivity index (χ1n) is 6.62. The molecule has 4 heteroatoms. The van der Waals surface area contributed by atoms with E-state index in [4.69, 9.17) is 0 Å². The minimum absolute atomic E-state index is 0.513. The van der Waals surface area contributed by atoms with Gasteiger partial charge in [-0.1, -0.05) is 30.3 Å². The summed E-state index contributed by atoms with van der Waals surface area (Å²) in [5.41, 5.74) is 1.33. The number of hydrogen-bond acceptors (Lipinski definition) is 3. The molecule has 0 N–H and O–H groups in total. The number of rotatable bonds is 2. The summed E-state index contributed by atoms with van der Waals surface area (Å²) in [5, 5.41) is 0. The van der Waals surface area contributed by atoms with Crippen LogP contribution >= 0.6 is 0 Å². The smallest absolute Gasteiger partial charge is 0.396 e. The quantitative estimate of drug-likeness (QED) is 0.600. The average molecular weight is 261 g/mol. The summed E-state index contributed by atoms with van der Waals surface area (Å²) < 4.78 is 4.46. The lowest BCUT2D eigenvalue weighted by atomic mass is 9.90. The topological polar surface area (TPSA) is 46.6 Å². The highest BCUT2D eigenvalue weighted by Crippen LogP contribution is 2.21. The first kappa shape index (κ1) is 13.6. The molecule has 0 aliphatic carbocycles. The van der Waals surface area contributed by atoms with Crippen LogP contribution in [-0.2, 0) is 20.7 Å². The fourth-order valence-corrected chi connectivity index (χ4v) is 2.50. The number of ether oxygens (including phenoxy) is 1. The van der Waals surface area contributed by atoms with Crippen LogP contribution in [0.5, 0.6) is 0 Å². The van der Waals surface area contributed by atoms with E-state index in [0.29, 0.717) is 19.0 Å². The van der Waals surface area contributed by atoms with Crippen molar-refractivity contribution in [2.24, 2.45) is 5.92 Å². The molecule has 0 spiro atoms. The molecule has 2 rings (SSSR count). The third-order valence-electron chi connectivity index (χ3n) is 3.63. The summed E-state index contributed by atoms with van der Waals surface area (Å²) in [6.45, 7) is 1.29. The first-order valence-corrected chi connectivity index (χ1v) is 6.62. The summed E-state index contributed by atoms with van der Waals surface area (Å²) in [5.74, 6) is -0.689. The second-order valence-electron chi connectivity index (χ2n) is 4.92. The molecule has 1 aliphatic heterocycles. The average Bonchev–Trinajstić information content (AvgIpc) is 2.47. The molecule has 1 aliphatic rings. The molecule has 1 heterocycles. The van der Waals surface area contributed by atoms with Crippen molar-refractivity contribution in [3.8, 4) is 0 Å². The highest BCUT2D eigenvalue weighted by atomic mass is 16.5. The number of carbonyl (C=O) groups excluding carboxylic acids is 2. The molecule has 1 saturated heterocycles. The minimum atomic E-state index is -0.762. The van der Waals surface area contributed by atoms with E-state index in [1.165, 1.54) is 12.7 Å². The van der Waals surface area contributed by atoms with E-state index in [9.17, 15) is 9.59 Å². The number of nitrogens with zero attached hydrogens (tertiary/aromatic N) is 1. The van der Waals surface area contributed by atoms with Crippen molar-refractivity contribution in [3.63, 3.8) is 0 Å². The van der Waals surface area contributed by atoms with Gasteiger partial charge in [0.1, 0.15) is 0 Å². The number of esters is 1. The van der Waals surface area contributed by atoms with Crippen molar-refractivity contribution in [2.75, 3.05) is 20.2 Å². The molecule has 1 amide bonds. The van der Waals surface area contributed by atoms with E-state index < -0.39 is 11.9 Å². The molecule has 0 aromatic heterocycles. The Labute approximate surface area is 113 Å². The molecule has 1 fully saturated rings. The minimum Gasteiger partial charge on any atom is -0.462 e. The van der Waals surface area contributed by atoms with Gasteiger partial charge in [-0.3, -0.25) is 4.79 Å². The van der Waals surface area contributed by atoms with E-state index in [2.05, 4.69) is 16.9 Å². The molecule has 4 nitrogen and oxygen atoms in total. The van der Waals surface area contributed by atoms with Gasteiger partial charge in [0.05, 0.1) is 7.11 Å². The summed E-state index contributed by atoms with van der Waals surface area (Å²) in [7, 11) is 1.24. The molecular weight excluding hydrogens is 242 g/mol. The number of methoxy groups -OCH3 is 1. The molecular formula is C15H19NO3. The van der Waals surface area contributed by atoms with Crippen LogP contribution < -0.4 is 0 Å². The van der Waals surface area contributed by atoms with Crippen LogP contribution in [0.4, 0.5) is 0 Å². The standard InChI is InChI=1S/C15H19NO3/c1-19-15(18)14(17)16-9-7-13(8-10-16)11-12-5-3-2-4-6-12/h2-6,13H,7-11H2,1H3. The fourth-order valence-electron chi connectivity index (χ4n) is 2.50. The Kier molecular flexibility index (Phi) is 4.55. The first-order chi connectivity index (χ1) is 9.20. The van der Waals surface area contributed by atoms with Gasteiger partial charge in [-0.2, -0.15) is 0 Å². The van der Waals surface area contributed by atoms with E-state index >= 15 is 0 Å². The SMILES string of the molecule is COC(=O)C(=O)N1CCC(Cc2ccccc2)CC1. The predicted molar refractivity (Wildman–Crippen MR) is 71.5 cm³/mol. The van der Waals surface area contributed by atoms with Crippen molar-refractivity contribution in [3.05, 3.63) is 35.9 Å². The van der Waals surface area contributed by atoms with Gasteiger partial charge in [0, 0.05) is 13.1 Å². The van der Waals surface area contributed by atoms with Gasteiger partial charge in [0.15, 0.2) is 0 Å². The van der Waals surface area contributed by atoms with Gasteiger partial charge in [-0.25, -0.2) is 4.79 Å². The molecule has 0 bridgehead atoms. The molecule has 19 heavy (non-hydrogen) atoms. The second kappa shape index (κ2) is 6.36. The highest BCUT2D eigenvalue weighted by Gasteiger charge is 2.27. The molecule has 1 aromatic carbocycles. The Morgan fingerprint density at radius 3 is 2.42 bits per heavy atom. The maximum absolute atomic E-state index is 11.6. The van der Waals surface area contributed by atoms with Crippen molar-refractivity contribution in [1.82, 2.24) is 4.90 Å². The number of amides is 1. The van der Waals surface area contributed by atoms with Crippen LogP contribution in [0.1, 0.15) is 18.4 Å². The van der Waals surface area contributed by atoms with Gasteiger partial charge >= 0.3 is 11.9 Å². The fraction of sp³-hybridized carbons (Fsp3) is 0.467. The Balaban J connectivity index is 1.83. The zero-order valence-corrected chi connectivity index (χ0v) is 11.2. The number of carbonyl (C=O) groups is 2. The number of likely N-dealkylation sites (tertiary alicyclic amines) is 1. The molecule has 0 atom stereocenters. The lowest BCUT2D eigenvalue weighted by Crippen LogP contribution is -2.42. The van der Waals surface area contributed by atoms with Gasteiger partial charge in [0.25, 0.3) is 0 Å². The summed E-state index contributed by atoms with van der Waals surface area (Å²) >= 11 is 0. The molecule has 0 saturated carbocycles. The van der Waals surface area contributed by atoms with E-state index in [1.54, 1.807) is 4.90 Å². The van der Waals surface area contributed by atoms with E-state index in [0.717, 1.165) is 19.3 Å². The van der Waals surface area contributed by atoms with Gasteiger partial charge in [0.2, 0.25) is 0 Å². The van der Waals surface area contributed by atoms with Crippen LogP contribution in [0.3, 0.4) is 0 Å². The number of hydrogen-bond donors (Lipinski definition) is 0. The maximum atomic E-state index is 11.6. The number of benzene rings is 1. The Morgan fingerprint density at radius 2 is 1.84 bits per heavy atom.